The van der Waals surface area contributed by atoms with E-state index in [1.165, 1.54) is 33.4 Å². The molecule has 103 heavy (non-hydrogen) atoms. The molecular weight excluding hydrogens is 1330 g/mol. The quantitative estimate of drug-likeness (QED) is 0.0184. The molecule has 0 unspecified atom stereocenters. The van der Waals surface area contributed by atoms with Gasteiger partial charge in [-0.05, 0) is 124 Å². The number of nitrogens with one attached hydrogen (secondary N) is 7. The van der Waals surface area contributed by atoms with Gasteiger partial charge in [0, 0.05) is 58.2 Å². The van der Waals surface area contributed by atoms with Crippen molar-refractivity contribution in [2.24, 2.45) is 40.5 Å². The molecule has 4 rings (SSSR count). The van der Waals surface area contributed by atoms with Crippen LogP contribution >= 0.6 is 0 Å². The van der Waals surface area contributed by atoms with E-state index in [2.05, 4.69) is 42.4 Å². The number of aliphatic hydroxyl groups excluding tert-OH is 1. The van der Waals surface area contributed by atoms with E-state index in [0.717, 1.165) is 11.1 Å². The van der Waals surface area contributed by atoms with E-state index in [9.17, 15) is 63.3 Å². The van der Waals surface area contributed by atoms with Crippen molar-refractivity contribution in [3.05, 3.63) is 95.1 Å². The number of carboxylic acids is 1. The third-order valence-corrected chi connectivity index (χ3v) is 18.4. The second kappa shape index (κ2) is 41.4. The molecule has 1 aliphatic rings. The van der Waals surface area contributed by atoms with Gasteiger partial charge in [0.15, 0.2) is 6.61 Å². The third-order valence-electron chi connectivity index (χ3n) is 18.4. The van der Waals surface area contributed by atoms with Gasteiger partial charge in [-0.1, -0.05) is 122 Å². The minimum Gasteiger partial charge on any atom is -0.507 e. The summed E-state index contributed by atoms with van der Waals surface area (Å²) >= 11 is 0. The number of hydrogen-bond acceptors (Lipinski definition) is 18. The number of ether oxygens (including phenoxy) is 3. The first-order chi connectivity index (χ1) is 48.4. The van der Waals surface area contributed by atoms with Gasteiger partial charge in [-0.25, -0.2) is 9.59 Å². The number of nitrogens with zero attached hydrogens (tertiary/aromatic N) is 4. The highest BCUT2D eigenvalue weighted by molar-refractivity contribution is 5.99. The predicted molar refractivity (Wildman–Crippen MR) is 389 cm³/mol. The Hall–Kier alpha value is -8.93. The second-order valence-electron chi connectivity index (χ2n) is 28.7. The first kappa shape index (κ1) is 86.5. The number of nitrogens with two attached hydrogens (primary N) is 1. The summed E-state index contributed by atoms with van der Waals surface area (Å²) in [4.78, 5) is 145. The van der Waals surface area contributed by atoms with Crippen LogP contribution in [0.1, 0.15) is 157 Å². The summed E-state index contributed by atoms with van der Waals surface area (Å²) in [7, 11) is 6.05. The third kappa shape index (κ3) is 26.7. The maximum atomic E-state index is 14.8. The lowest BCUT2D eigenvalue weighted by Gasteiger charge is -2.41. The molecule has 12 N–H and O–H groups in total. The van der Waals surface area contributed by atoms with Crippen LogP contribution in [0.15, 0.2) is 78.0 Å². The van der Waals surface area contributed by atoms with Gasteiger partial charge in [-0.15, -0.1) is 0 Å². The number of amides is 10. The SMILES string of the molecule is CC[C@H](C)[C@@H]([C@@H](CC(=O)N1CCC[C@H]1[C@H](OC)[C@@H](C)C(=O)N[C@H](C)[C@@H](O)c1ccccc1)OC)N(C)C(=O)[C@@H](NC(=O)[C@H](C(C)C)N(C)C(=O)OCc1ccc(NC(=O)[C@H](CCCNC(N)=O)NC(=O)[C@@H](NC(=O)CO/N=C/c2cc(C[C@H](NC(C)(C)C)C(=O)O)ccc2O)C(C)C)cc1)C(C)C. The summed E-state index contributed by atoms with van der Waals surface area (Å²) in [5.74, 6) is -7.21. The number of primary amides is 1. The molecule has 10 amide bonds. The highest BCUT2D eigenvalue weighted by atomic mass is 16.6. The number of urea groups is 1. The number of rotatable bonds is 40. The highest BCUT2D eigenvalue weighted by Crippen LogP contribution is 2.31. The number of oxime groups is 1. The van der Waals surface area contributed by atoms with Crippen molar-refractivity contribution in [1.82, 2.24) is 46.6 Å². The molecule has 1 saturated heterocycles. The average Bonchev–Trinajstić information content (AvgIpc) is 1.80. The number of likely N-dealkylation sites (tertiary alicyclic amines) is 1. The maximum Gasteiger partial charge on any atom is 0.410 e. The molecule has 0 aliphatic carbocycles. The van der Waals surface area contributed by atoms with Gasteiger partial charge in [0.25, 0.3) is 5.91 Å². The minimum atomic E-state index is -1.19. The molecule has 1 fully saturated rings. The summed E-state index contributed by atoms with van der Waals surface area (Å²) in [5, 5.41) is 54.4. The van der Waals surface area contributed by atoms with Crippen LogP contribution in [0.4, 0.5) is 15.3 Å². The normalized spacial score (nSPS) is 16.7. The van der Waals surface area contributed by atoms with E-state index in [1.807, 2.05) is 52.8 Å². The topological polar surface area (TPSA) is 401 Å². The number of carbonyl (C=O) groups excluding carboxylic acids is 9. The van der Waals surface area contributed by atoms with Crippen LogP contribution in [-0.2, 0) is 70.4 Å². The number of anilines is 1. The molecule has 572 valence electrons. The number of likely N-dealkylation sites (N-methyl/N-ethyl adjacent to an activating group) is 2. The molecule has 0 radical (unpaired) electrons. The summed E-state index contributed by atoms with van der Waals surface area (Å²) < 4.78 is 17.8. The van der Waals surface area contributed by atoms with E-state index < -0.39 is 150 Å². The van der Waals surface area contributed by atoms with Crippen LogP contribution in [0.2, 0.25) is 0 Å². The molecule has 29 heteroatoms. The molecule has 1 aliphatic heterocycles. The van der Waals surface area contributed by atoms with Crippen molar-refractivity contribution in [3.8, 4) is 5.75 Å². The maximum absolute atomic E-state index is 14.8. The molecule has 13 atom stereocenters. The van der Waals surface area contributed by atoms with Crippen LogP contribution in [0, 0.1) is 29.6 Å². The van der Waals surface area contributed by atoms with Gasteiger partial charge >= 0.3 is 18.1 Å². The zero-order chi connectivity index (χ0) is 77.2. The van der Waals surface area contributed by atoms with Crippen molar-refractivity contribution >= 4 is 71.3 Å². The first-order valence-corrected chi connectivity index (χ1v) is 35.3. The van der Waals surface area contributed by atoms with E-state index in [1.54, 1.807) is 115 Å². The lowest BCUT2D eigenvalue weighted by molar-refractivity contribution is -0.148. The van der Waals surface area contributed by atoms with Crippen molar-refractivity contribution in [2.45, 2.75) is 214 Å². The number of aliphatic carboxylic acids is 1. The van der Waals surface area contributed by atoms with E-state index >= 15 is 0 Å². The monoisotopic (exact) mass is 1440 g/mol. The fourth-order valence-corrected chi connectivity index (χ4v) is 12.6. The van der Waals surface area contributed by atoms with Gasteiger partial charge < -0.3 is 81.8 Å². The predicted octanol–water partition coefficient (Wildman–Crippen LogP) is 5.73. The fourth-order valence-electron chi connectivity index (χ4n) is 12.6. The second-order valence-corrected chi connectivity index (χ2v) is 28.7. The van der Waals surface area contributed by atoms with Crippen LogP contribution in [0.25, 0.3) is 0 Å². The molecule has 0 bridgehead atoms. The number of aliphatic hydroxyl groups is 1. The Morgan fingerprint density at radius 2 is 1.40 bits per heavy atom. The number of aromatic hydroxyl groups is 1. The van der Waals surface area contributed by atoms with Crippen molar-refractivity contribution in [2.75, 3.05) is 53.3 Å². The Labute approximate surface area is 606 Å². The largest absolute Gasteiger partial charge is 0.507 e. The van der Waals surface area contributed by atoms with Gasteiger partial charge in [-0.3, -0.25) is 48.6 Å². The Bertz CT molecular complexity index is 3310. The smallest absolute Gasteiger partial charge is 0.410 e. The first-order valence-electron chi connectivity index (χ1n) is 35.3. The Morgan fingerprint density at radius 1 is 0.757 bits per heavy atom. The molecule has 0 spiro atoms. The van der Waals surface area contributed by atoms with Crippen molar-refractivity contribution in [3.63, 3.8) is 0 Å². The van der Waals surface area contributed by atoms with E-state index in [4.69, 9.17) is 24.8 Å². The number of benzene rings is 3. The van der Waals surface area contributed by atoms with Crippen LogP contribution in [0.5, 0.6) is 5.75 Å². The van der Waals surface area contributed by atoms with Crippen LogP contribution in [-0.4, -0.2) is 210 Å². The van der Waals surface area contributed by atoms with E-state index in [0.29, 0.717) is 48.2 Å². The molecule has 0 aromatic heterocycles. The summed E-state index contributed by atoms with van der Waals surface area (Å²) in [5.41, 5.74) is 7.02. The Balaban J connectivity index is 1.38. The molecule has 3 aromatic rings. The van der Waals surface area contributed by atoms with Gasteiger partial charge in [0.2, 0.25) is 35.4 Å². The van der Waals surface area contributed by atoms with Crippen LogP contribution < -0.4 is 43.0 Å². The Kier molecular flexibility index (Phi) is 34.7. The van der Waals surface area contributed by atoms with E-state index in [-0.39, 0.29) is 67.9 Å². The lowest BCUT2D eigenvalue weighted by atomic mass is 9.89. The molecule has 3 aromatic carbocycles. The van der Waals surface area contributed by atoms with Gasteiger partial charge in [-0.2, -0.15) is 0 Å². The van der Waals surface area contributed by atoms with Gasteiger partial charge in [0.05, 0.1) is 55.0 Å². The zero-order valence-electron chi connectivity index (χ0n) is 62.9. The fraction of sp³-hybridized carbons (Fsp3) is 0.608. The molecule has 0 saturated carbocycles. The summed E-state index contributed by atoms with van der Waals surface area (Å²) in [6.45, 7) is 23.0. The van der Waals surface area contributed by atoms with Crippen LogP contribution in [0.3, 0.4) is 0 Å². The number of methoxy groups -OCH3 is 2. The number of phenolic OH excluding ortho intramolecular Hbond substituents is 1. The standard InChI is InChI=1S/C74H114N12O17/c1-18-45(8)63(57(100-16)38-59(89)86-35-23-27-55(86)65(101-17)46(9)66(91)78-47(10)64(90)50-24-20-19-21-25-50)84(14)70(95)61(43(4)5)82-69(94)62(44(6)7)85(15)73(99)102-40-48-28-31-52(32-29-48)79-67(92)53(26-22-34-76-72(75)98)80-68(93)60(42(2)3)81-58(88)41-103-77-39-51-36-49(30-33-56(51)87)37-54(71(96)97)83-74(11,12)13/h19-21,24-25,28-33,36,39,42-47,53-55,57,60-65,83,87,90H,18,22-23,26-27,34-35,37-38,40-41H2,1-17H3,(H,78,91)(H,79,92)(H,80,93)(H,81,88)(H,82,94)(H,96,97)(H3,75,76,98)/b77-39+/t45-,46+,47+,53-,54-,55-,57+,60-,61-,62-,63-,64+,65+/m0/s1. The lowest BCUT2D eigenvalue weighted by Crippen LogP contribution is -2.60. The summed E-state index contributed by atoms with van der Waals surface area (Å²) in [6.07, 6.45) is -0.00355. The van der Waals surface area contributed by atoms with Crippen molar-refractivity contribution in [1.29, 1.82) is 0 Å². The molecule has 29 nitrogen and oxygen atoms in total. The average molecular weight is 1440 g/mol. The minimum absolute atomic E-state index is 0.0269. The van der Waals surface area contributed by atoms with Crippen molar-refractivity contribution < 1.29 is 82.3 Å². The summed E-state index contributed by atoms with van der Waals surface area (Å²) in [6, 6.07) is 11.9. The van der Waals surface area contributed by atoms with Gasteiger partial charge in [0.1, 0.15) is 42.6 Å². The number of carbonyl (C=O) groups is 10. The Morgan fingerprint density at radius 3 is 1.97 bits per heavy atom. The molecule has 1 heterocycles. The number of hydrogen-bond donors (Lipinski definition) is 11. The highest BCUT2D eigenvalue weighted by Gasteiger charge is 2.44. The molecular formula is C74H114N12O17. The zero-order valence-corrected chi connectivity index (χ0v) is 62.9. The number of phenols is 1. The number of carboxylic acid groups (broad SMARTS) is 1.